The lowest BCUT2D eigenvalue weighted by atomic mass is 9.97. The lowest BCUT2D eigenvalue weighted by molar-refractivity contribution is -0.137. The van der Waals surface area contributed by atoms with Crippen LogP contribution in [0.25, 0.3) is 0 Å². The number of carboxylic acids is 1. The molecule has 0 saturated heterocycles. The molecule has 0 spiro atoms. The fourth-order valence-corrected chi connectivity index (χ4v) is 1.49. The number of nitrogens with two attached hydrogens (primary N) is 1. The Hall–Kier alpha value is -1.75. The van der Waals surface area contributed by atoms with Gasteiger partial charge in [0.05, 0.1) is 6.42 Å². The van der Waals surface area contributed by atoms with Crippen LogP contribution in [-0.2, 0) is 4.79 Å². The number of hydrogen-bond donors (Lipinski definition) is 4. The molecule has 0 radical (unpaired) electrons. The van der Waals surface area contributed by atoms with E-state index in [2.05, 4.69) is 0 Å². The number of benzene rings is 1. The number of aliphatic carboxylic acids is 1. The van der Waals surface area contributed by atoms with E-state index < -0.39 is 12.0 Å². The zero-order valence-electron chi connectivity index (χ0n) is 9.19. The summed E-state index contributed by atoms with van der Waals surface area (Å²) in [4.78, 5) is 10.5. The predicted octanol–water partition coefficient (Wildman–Crippen LogP) is 1.19. The molecule has 1 aromatic rings. The number of carboxylic acid groups (broad SMARTS) is 1. The standard InChI is InChI=1S/C11H15NO4/c1-5-3-7(8(12)4-9(13)14)11(16)10(15)6(5)2/h3,8,15-16H,4,12H2,1-2H3,(H,13,14). The Labute approximate surface area is 93.1 Å². The van der Waals surface area contributed by atoms with Gasteiger partial charge in [-0.15, -0.1) is 0 Å². The fourth-order valence-electron chi connectivity index (χ4n) is 1.49. The Morgan fingerprint density at radius 1 is 1.38 bits per heavy atom. The summed E-state index contributed by atoms with van der Waals surface area (Å²) < 4.78 is 0. The molecular formula is C11H15NO4. The maximum atomic E-state index is 10.5. The normalized spacial score (nSPS) is 12.4. The van der Waals surface area contributed by atoms with Crippen molar-refractivity contribution in [1.82, 2.24) is 0 Å². The molecule has 5 N–H and O–H groups in total. The average Bonchev–Trinajstić information content (AvgIpc) is 2.19. The summed E-state index contributed by atoms with van der Waals surface area (Å²) >= 11 is 0. The van der Waals surface area contributed by atoms with E-state index in [0.717, 1.165) is 5.56 Å². The molecular weight excluding hydrogens is 210 g/mol. The van der Waals surface area contributed by atoms with Gasteiger partial charge in [-0.25, -0.2) is 0 Å². The van der Waals surface area contributed by atoms with E-state index in [4.69, 9.17) is 10.8 Å². The van der Waals surface area contributed by atoms with Gasteiger partial charge in [0.25, 0.3) is 0 Å². The molecule has 1 atom stereocenters. The van der Waals surface area contributed by atoms with Gasteiger partial charge in [0.2, 0.25) is 0 Å². The van der Waals surface area contributed by atoms with Crippen LogP contribution in [0.1, 0.15) is 29.2 Å². The summed E-state index contributed by atoms with van der Waals surface area (Å²) in [5, 5.41) is 27.9. The molecule has 0 bridgehead atoms. The van der Waals surface area contributed by atoms with Crippen molar-refractivity contribution >= 4 is 5.97 Å². The highest BCUT2D eigenvalue weighted by atomic mass is 16.4. The molecule has 1 rings (SSSR count). The van der Waals surface area contributed by atoms with Gasteiger partial charge in [0.1, 0.15) is 0 Å². The number of phenols is 2. The maximum Gasteiger partial charge on any atom is 0.305 e. The summed E-state index contributed by atoms with van der Waals surface area (Å²) in [6, 6.07) is 0.764. The fraction of sp³-hybridized carbons (Fsp3) is 0.364. The van der Waals surface area contributed by atoms with Crippen LogP contribution in [0, 0.1) is 13.8 Å². The van der Waals surface area contributed by atoms with Crippen molar-refractivity contribution in [2.24, 2.45) is 5.73 Å². The molecule has 5 heteroatoms. The van der Waals surface area contributed by atoms with Gasteiger partial charge in [-0.2, -0.15) is 0 Å². The smallest absolute Gasteiger partial charge is 0.305 e. The van der Waals surface area contributed by atoms with Crippen LogP contribution in [0.3, 0.4) is 0 Å². The molecule has 1 aromatic carbocycles. The average molecular weight is 225 g/mol. The maximum absolute atomic E-state index is 10.5. The summed E-state index contributed by atoms with van der Waals surface area (Å²) in [6.07, 6.45) is -0.296. The van der Waals surface area contributed by atoms with Crippen LogP contribution in [-0.4, -0.2) is 21.3 Å². The molecule has 0 heterocycles. The van der Waals surface area contributed by atoms with Crippen molar-refractivity contribution in [3.05, 3.63) is 22.8 Å². The van der Waals surface area contributed by atoms with E-state index in [0.29, 0.717) is 5.56 Å². The highest BCUT2D eigenvalue weighted by Crippen LogP contribution is 2.37. The Bertz CT molecular complexity index is 428. The van der Waals surface area contributed by atoms with Crippen LogP contribution in [0.4, 0.5) is 0 Å². The van der Waals surface area contributed by atoms with Gasteiger partial charge < -0.3 is 21.1 Å². The monoisotopic (exact) mass is 225 g/mol. The zero-order chi connectivity index (χ0) is 12.5. The molecule has 0 aliphatic heterocycles. The first-order valence-electron chi connectivity index (χ1n) is 4.84. The second kappa shape index (κ2) is 4.40. The topological polar surface area (TPSA) is 104 Å². The molecule has 5 nitrogen and oxygen atoms in total. The molecule has 0 amide bonds. The van der Waals surface area contributed by atoms with E-state index in [1.54, 1.807) is 19.9 Å². The first-order valence-corrected chi connectivity index (χ1v) is 4.84. The Kier molecular flexibility index (Phi) is 3.39. The van der Waals surface area contributed by atoms with Crippen molar-refractivity contribution in [3.63, 3.8) is 0 Å². The minimum Gasteiger partial charge on any atom is -0.504 e. The van der Waals surface area contributed by atoms with E-state index in [-0.39, 0.29) is 23.5 Å². The molecule has 0 aromatic heterocycles. The van der Waals surface area contributed by atoms with Crippen molar-refractivity contribution in [3.8, 4) is 11.5 Å². The van der Waals surface area contributed by atoms with Gasteiger partial charge in [0, 0.05) is 11.6 Å². The predicted molar refractivity (Wildman–Crippen MR) is 58.4 cm³/mol. The van der Waals surface area contributed by atoms with E-state index >= 15 is 0 Å². The van der Waals surface area contributed by atoms with Crippen molar-refractivity contribution in [2.75, 3.05) is 0 Å². The van der Waals surface area contributed by atoms with Crippen molar-refractivity contribution in [1.29, 1.82) is 0 Å². The molecule has 1 unspecified atom stereocenters. The third-order valence-electron chi connectivity index (χ3n) is 2.61. The third-order valence-corrected chi connectivity index (χ3v) is 2.61. The molecule has 0 aliphatic carbocycles. The second-order valence-corrected chi connectivity index (χ2v) is 3.81. The summed E-state index contributed by atoms with van der Waals surface area (Å²) in [5.74, 6) is -1.63. The molecule has 88 valence electrons. The van der Waals surface area contributed by atoms with Crippen LogP contribution in [0.2, 0.25) is 0 Å². The Morgan fingerprint density at radius 3 is 2.44 bits per heavy atom. The molecule has 0 fully saturated rings. The minimum atomic E-state index is -1.05. The van der Waals surface area contributed by atoms with Crippen LogP contribution in [0.5, 0.6) is 11.5 Å². The SMILES string of the molecule is Cc1cc(C(N)CC(=O)O)c(O)c(O)c1C. The van der Waals surface area contributed by atoms with Gasteiger partial charge in [-0.1, -0.05) is 6.07 Å². The highest BCUT2D eigenvalue weighted by Gasteiger charge is 2.19. The summed E-state index contributed by atoms with van der Waals surface area (Å²) in [7, 11) is 0. The second-order valence-electron chi connectivity index (χ2n) is 3.81. The highest BCUT2D eigenvalue weighted by molar-refractivity contribution is 5.68. The van der Waals surface area contributed by atoms with E-state index in [1.807, 2.05) is 0 Å². The number of carbonyl (C=O) groups is 1. The Morgan fingerprint density at radius 2 is 1.94 bits per heavy atom. The first-order chi connectivity index (χ1) is 7.34. The van der Waals surface area contributed by atoms with Crippen LogP contribution < -0.4 is 5.73 Å². The number of aryl methyl sites for hydroxylation is 1. The minimum absolute atomic E-state index is 0.240. The van der Waals surface area contributed by atoms with E-state index in [1.165, 1.54) is 0 Å². The third kappa shape index (κ3) is 2.25. The van der Waals surface area contributed by atoms with Crippen molar-refractivity contribution < 1.29 is 20.1 Å². The zero-order valence-corrected chi connectivity index (χ0v) is 9.19. The quantitative estimate of drug-likeness (QED) is 0.578. The number of rotatable bonds is 3. The van der Waals surface area contributed by atoms with Gasteiger partial charge in [0.15, 0.2) is 11.5 Å². The van der Waals surface area contributed by atoms with Gasteiger partial charge in [-0.05, 0) is 25.0 Å². The van der Waals surface area contributed by atoms with Crippen molar-refractivity contribution in [2.45, 2.75) is 26.3 Å². The summed E-state index contributed by atoms with van der Waals surface area (Å²) in [6.45, 7) is 3.42. The summed E-state index contributed by atoms with van der Waals surface area (Å²) in [5.41, 5.74) is 7.20. The van der Waals surface area contributed by atoms with Crippen LogP contribution >= 0.6 is 0 Å². The molecule has 16 heavy (non-hydrogen) atoms. The van der Waals surface area contributed by atoms with E-state index in [9.17, 15) is 15.0 Å². The van der Waals surface area contributed by atoms with Crippen LogP contribution in [0.15, 0.2) is 6.07 Å². The molecule has 0 saturated carbocycles. The van der Waals surface area contributed by atoms with Gasteiger partial charge in [-0.3, -0.25) is 4.79 Å². The largest absolute Gasteiger partial charge is 0.504 e. The van der Waals surface area contributed by atoms with Gasteiger partial charge >= 0.3 is 5.97 Å². The lowest BCUT2D eigenvalue weighted by Crippen LogP contribution is -2.15. The number of phenolic OH excluding ortho intramolecular Hbond substituents is 2. The lowest BCUT2D eigenvalue weighted by Gasteiger charge is -2.15. The Balaban J connectivity index is 3.19. The number of hydrogen-bond acceptors (Lipinski definition) is 4. The molecule has 0 aliphatic rings. The first kappa shape index (κ1) is 12.3. The number of aromatic hydroxyl groups is 2.